The lowest BCUT2D eigenvalue weighted by Gasteiger charge is -2.26. The molecule has 36 heavy (non-hydrogen) atoms. The number of rotatable bonds is 10. The van der Waals surface area contributed by atoms with Crippen LogP contribution >= 0.6 is 19.3 Å². The highest BCUT2D eigenvalue weighted by molar-refractivity contribution is 7.52. The van der Waals surface area contributed by atoms with Crippen LogP contribution in [0.4, 0.5) is 0 Å². The molecule has 1 fully saturated rings. The number of nitrogens with zero attached hydrogens (tertiary/aromatic N) is 1. The van der Waals surface area contributed by atoms with E-state index in [9.17, 15) is 24.1 Å². The molecule has 1 aromatic carbocycles. The van der Waals surface area contributed by atoms with Crippen molar-refractivity contribution in [1.82, 2.24) is 14.6 Å². The molecule has 2 heterocycles. The molecule has 0 radical (unpaired) electrons. The van der Waals surface area contributed by atoms with Gasteiger partial charge in [0.25, 0.3) is 5.56 Å². The Kier molecular flexibility index (Phi) is 8.81. The molecular formula is C22H29ClN3O9P. The van der Waals surface area contributed by atoms with E-state index in [0.29, 0.717) is 0 Å². The quantitative estimate of drug-likeness (QED) is 0.229. The molecule has 1 aliphatic heterocycles. The van der Waals surface area contributed by atoms with Crippen molar-refractivity contribution in [3.05, 3.63) is 63.4 Å². The van der Waals surface area contributed by atoms with Crippen molar-refractivity contribution in [3.8, 4) is 5.75 Å². The molecule has 3 rings (SSSR count). The minimum absolute atomic E-state index is 0.200. The number of H-pyrrole nitrogens is 1. The summed E-state index contributed by atoms with van der Waals surface area (Å²) in [5.41, 5.74) is -1.40. The fraction of sp³-hybridized carbons (Fsp3) is 0.500. The van der Waals surface area contributed by atoms with Crippen molar-refractivity contribution in [1.29, 1.82) is 0 Å². The third kappa shape index (κ3) is 6.64. The lowest BCUT2D eigenvalue weighted by molar-refractivity contribution is -0.149. The first kappa shape index (κ1) is 28.1. The van der Waals surface area contributed by atoms with Crippen LogP contribution < -0.4 is 20.9 Å². The Hall–Kier alpha value is -2.47. The molecule has 0 amide bonds. The first-order valence-corrected chi connectivity index (χ1v) is 13.1. The molecule has 6 atom stereocenters. The minimum Gasteiger partial charge on any atom is -0.462 e. The van der Waals surface area contributed by atoms with Gasteiger partial charge in [-0.2, -0.15) is 5.09 Å². The molecule has 1 saturated heterocycles. The van der Waals surface area contributed by atoms with Crippen molar-refractivity contribution in [3.63, 3.8) is 0 Å². The number of aliphatic hydroxyl groups excluding tert-OH is 1. The van der Waals surface area contributed by atoms with Crippen LogP contribution in [0.15, 0.2) is 52.2 Å². The summed E-state index contributed by atoms with van der Waals surface area (Å²) in [6, 6.07) is 8.18. The van der Waals surface area contributed by atoms with Crippen molar-refractivity contribution in [2.75, 3.05) is 6.61 Å². The number of halogens is 1. The second-order valence-corrected chi connectivity index (χ2v) is 11.2. The lowest BCUT2D eigenvalue weighted by atomic mass is 10.0. The highest BCUT2D eigenvalue weighted by Gasteiger charge is 2.54. The van der Waals surface area contributed by atoms with E-state index in [1.807, 2.05) is 0 Å². The average molecular weight is 546 g/mol. The minimum atomic E-state index is -4.22. The zero-order valence-electron chi connectivity index (χ0n) is 20.1. The lowest BCUT2D eigenvalue weighted by Crippen LogP contribution is -2.43. The van der Waals surface area contributed by atoms with Crippen molar-refractivity contribution >= 4 is 25.3 Å². The van der Waals surface area contributed by atoms with Gasteiger partial charge in [0.15, 0.2) is 6.23 Å². The summed E-state index contributed by atoms with van der Waals surface area (Å²) in [6.45, 7) is 5.75. The van der Waals surface area contributed by atoms with Crippen LogP contribution in [-0.2, 0) is 23.4 Å². The van der Waals surface area contributed by atoms with Crippen LogP contribution in [0.3, 0.4) is 0 Å². The van der Waals surface area contributed by atoms with Gasteiger partial charge in [-0.15, -0.1) is 11.6 Å². The monoisotopic (exact) mass is 545 g/mol. The zero-order valence-corrected chi connectivity index (χ0v) is 21.8. The van der Waals surface area contributed by atoms with Gasteiger partial charge in [0.05, 0.1) is 12.7 Å². The van der Waals surface area contributed by atoms with Gasteiger partial charge < -0.3 is 19.1 Å². The first-order valence-electron chi connectivity index (χ1n) is 11.1. The largest absolute Gasteiger partial charge is 0.462 e. The SMILES string of the molecule is CC(C)OC(=O)C(C)NP(=O)(OCC1OC(n2ccc(=O)[nH]c2=O)C(C)(Cl)C1O)Oc1ccccc1. The van der Waals surface area contributed by atoms with E-state index in [2.05, 4.69) is 10.1 Å². The molecule has 0 bridgehead atoms. The molecule has 3 N–H and O–H groups in total. The standard InChI is InChI=1S/C22H29ClN3O9P/c1-13(2)33-19(29)14(3)25-36(31,35-15-8-6-5-7-9-15)32-12-16-18(28)22(4,23)20(34-16)26-11-10-17(27)24-21(26)30/h5-11,13-14,16,18,20,28H,12H2,1-4H3,(H,25,31)(H,24,27,30). The molecule has 0 saturated carbocycles. The van der Waals surface area contributed by atoms with Gasteiger partial charge in [-0.05, 0) is 39.8 Å². The molecule has 198 valence electrons. The molecule has 1 aliphatic rings. The molecule has 0 aliphatic carbocycles. The summed E-state index contributed by atoms with van der Waals surface area (Å²) < 4.78 is 36.7. The first-order chi connectivity index (χ1) is 16.8. The normalized spacial score (nSPS) is 26.4. The highest BCUT2D eigenvalue weighted by atomic mass is 35.5. The van der Waals surface area contributed by atoms with Crippen LogP contribution in [0.1, 0.15) is 33.9 Å². The molecule has 6 unspecified atom stereocenters. The van der Waals surface area contributed by atoms with Crippen molar-refractivity contribution in [2.45, 2.75) is 63.2 Å². The van der Waals surface area contributed by atoms with E-state index in [0.717, 1.165) is 10.6 Å². The maximum atomic E-state index is 13.6. The fourth-order valence-electron chi connectivity index (χ4n) is 3.47. The topological polar surface area (TPSA) is 158 Å². The number of aromatic nitrogens is 2. The number of alkyl halides is 1. The van der Waals surface area contributed by atoms with Gasteiger partial charge in [0.2, 0.25) is 0 Å². The number of hydrogen-bond donors (Lipinski definition) is 3. The number of esters is 1. The number of nitrogens with one attached hydrogen (secondary N) is 2. The second kappa shape index (κ2) is 11.3. The Labute approximate surface area is 212 Å². The van der Waals surface area contributed by atoms with Crippen LogP contribution in [0, 0.1) is 0 Å². The summed E-state index contributed by atoms with van der Waals surface area (Å²) in [4.78, 5) is 36.5. The van der Waals surface area contributed by atoms with Crippen LogP contribution in [-0.4, -0.2) is 56.5 Å². The Morgan fingerprint density at radius 3 is 2.56 bits per heavy atom. The van der Waals surface area contributed by atoms with Gasteiger partial charge in [-0.25, -0.2) is 9.36 Å². The Bertz CT molecular complexity index is 1220. The second-order valence-electron chi connectivity index (χ2n) is 8.67. The summed E-state index contributed by atoms with van der Waals surface area (Å²) >= 11 is 6.52. The van der Waals surface area contributed by atoms with Crippen LogP contribution in [0.5, 0.6) is 5.75 Å². The summed E-state index contributed by atoms with van der Waals surface area (Å²) in [6.07, 6.45) is -2.92. The van der Waals surface area contributed by atoms with E-state index in [1.54, 1.807) is 44.2 Å². The fourth-order valence-corrected chi connectivity index (χ4v) is 5.27. The van der Waals surface area contributed by atoms with E-state index in [1.165, 1.54) is 20.0 Å². The van der Waals surface area contributed by atoms with Crippen LogP contribution in [0.25, 0.3) is 0 Å². The van der Waals surface area contributed by atoms with E-state index < -0.39 is 67.0 Å². The number of benzene rings is 1. The average Bonchev–Trinajstić information content (AvgIpc) is 3.01. The van der Waals surface area contributed by atoms with Gasteiger partial charge >= 0.3 is 19.4 Å². The maximum Gasteiger partial charge on any atom is 0.459 e. The molecule has 1 aromatic heterocycles. The van der Waals surface area contributed by atoms with Crippen molar-refractivity contribution in [2.24, 2.45) is 0 Å². The number of para-hydroxylation sites is 1. The maximum absolute atomic E-state index is 13.6. The van der Waals surface area contributed by atoms with Crippen molar-refractivity contribution < 1.29 is 33.0 Å². The number of aliphatic hydroxyl groups is 1. The number of ether oxygens (including phenoxy) is 2. The zero-order chi connectivity index (χ0) is 26.7. The molecule has 0 spiro atoms. The number of carbonyl (C=O) groups excluding carboxylic acids is 1. The van der Waals surface area contributed by atoms with E-state index in [-0.39, 0.29) is 5.75 Å². The summed E-state index contributed by atoms with van der Waals surface area (Å²) in [5.74, 6) is -0.473. The third-order valence-corrected chi connectivity index (χ3v) is 7.31. The Morgan fingerprint density at radius 1 is 1.28 bits per heavy atom. The molecule has 14 heteroatoms. The number of hydrogen-bond acceptors (Lipinski definition) is 9. The summed E-state index contributed by atoms with van der Waals surface area (Å²) in [7, 11) is -4.22. The van der Waals surface area contributed by atoms with Gasteiger partial charge in [-0.3, -0.25) is 23.7 Å². The predicted molar refractivity (Wildman–Crippen MR) is 130 cm³/mol. The molecule has 2 aromatic rings. The van der Waals surface area contributed by atoms with E-state index >= 15 is 0 Å². The summed E-state index contributed by atoms with van der Waals surface area (Å²) in [5, 5.41) is 13.3. The highest BCUT2D eigenvalue weighted by Crippen LogP contribution is 2.48. The smallest absolute Gasteiger partial charge is 0.459 e. The van der Waals surface area contributed by atoms with Gasteiger partial charge in [0, 0.05) is 12.3 Å². The predicted octanol–water partition coefficient (Wildman–Crippen LogP) is 1.93. The molecule has 12 nitrogen and oxygen atoms in total. The number of aromatic amines is 1. The van der Waals surface area contributed by atoms with E-state index in [4.69, 9.17) is 30.1 Å². The van der Waals surface area contributed by atoms with Crippen LogP contribution in [0.2, 0.25) is 0 Å². The third-order valence-electron chi connectivity index (χ3n) is 5.26. The Balaban J connectivity index is 1.80. The molecular weight excluding hydrogens is 517 g/mol. The van der Waals surface area contributed by atoms with Gasteiger partial charge in [0.1, 0.15) is 28.9 Å². The number of carbonyl (C=O) groups is 1. The van der Waals surface area contributed by atoms with Gasteiger partial charge in [-0.1, -0.05) is 18.2 Å². The Morgan fingerprint density at radius 2 is 1.94 bits per heavy atom.